The highest BCUT2D eigenvalue weighted by Crippen LogP contribution is 2.33. The van der Waals surface area contributed by atoms with Crippen LogP contribution in [-0.2, 0) is 13.5 Å². The summed E-state index contributed by atoms with van der Waals surface area (Å²) in [6, 6.07) is 15.3. The third kappa shape index (κ3) is 3.76. The Morgan fingerprint density at radius 2 is 1.91 bits per heavy atom. The fourth-order valence-electron chi connectivity index (χ4n) is 4.54. The highest BCUT2D eigenvalue weighted by molar-refractivity contribution is 5.98. The van der Waals surface area contributed by atoms with Gasteiger partial charge in [0.2, 0.25) is 0 Å². The number of rotatable bonds is 4. The maximum Gasteiger partial charge on any atom is 0.274 e. The van der Waals surface area contributed by atoms with Crippen molar-refractivity contribution in [3.05, 3.63) is 84.1 Å². The van der Waals surface area contributed by atoms with Crippen molar-refractivity contribution in [1.29, 1.82) is 0 Å². The summed E-state index contributed by atoms with van der Waals surface area (Å²) in [5, 5.41) is 8.49. The van der Waals surface area contributed by atoms with Crippen molar-refractivity contribution >= 4 is 22.6 Å². The number of nitrogens with one attached hydrogen (secondary N) is 1. The van der Waals surface area contributed by atoms with Crippen LogP contribution in [0.4, 0.5) is 5.82 Å². The Hall–Kier alpha value is -4.66. The van der Waals surface area contributed by atoms with Crippen molar-refractivity contribution in [2.45, 2.75) is 18.9 Å². The predicted octanol–water partition coefficient (Wildman–Crippen LogP) is 3.49. The molecule has 1 unspecified atom stereocenters. The van der Waals surface area contributed by atoms with Crippen LogP contribution in [0.3, 0.4) is 0 Å². The fourth-order valence-corrected chi connectivity index (χ4v) is 4.54. The Labute approximate surface area is 201 Å². The molecule has 0 fully saturated rings. The second kappa shape index (κ2) is 8.28. The third-order valence-corrected chi connectivity index (χ3v) is 6.23. The summed E-state index contributed by atoms with van der Waals surface area (Å²) in [5.74, 6) is -0.330. The van der Waals surface area contributed by atoms with Gasteiger partial charge >= 0.3 is 0 Å². The SMILES string of the molecule is Cn1ccc(-c2nc(N)c(C(=O)NC3CCc4cccnc43)nc2-c2ccc3ncccc3c2)n1. The normalized spacial score (nSPS) is 14.7. The zero-order valence-electron chi connectivity index (χ0n) is 19.0. The van der Waals surface area contributed by atoms with Crippen LogP contribution in [0.2, 0.25) is 0 Å². The van der Waals surface area contributed by atoms with Crippen LogP contribution in [0.15, 0.2) is 67.1 Å². The van der Waals surface area contributed by atoms with Gasteiger partial charge in [-0.3, -0.25) is 19.4 Å². The van der Waals surface area contributed by atoms with E-state index >= 15 is 0 Å². The first-order valence-electron chi connectivity index (χ1n) is 11.3. The molecule has 4 aromatic heterocycles. The molecule has 0 aliphatic heterocycles. The molecule has 0 saturated heterocycles. The van der Waals surface area contributed by atoms with Crippen molar-refractivity contribution in [2.24, 2.45) is 7.05 Å². The lowest BCUT2D eigenvalue weighted by Gasteiger charge is -2.15. The van der Waals surface area contributed by atoms with Crippen molar-refractivity contribution in [3.63, 3.8) is 0 Å². The average molecular weight is 463 g/mol. The van der Waals surface area contributed by atoms with Gasteiger partial charge in [0.25, 0.3) is 5.91 Å². The molecule has 1 aliphatic carbocycles. The van der Waals surface area contributed by atoms with Gasteiger partial charge in [0, 0.05) is 36.6 Å². The van der Waals surface area contributed by atoms with Gasteiger partial charge in [-0.2, -0.15) is 5.10 Å². The summed E-state index contributed by atoms with van der Waals surface area (Å²) >= 11 is 0. The van der Waals surface area contributed by atoms with Crippen LogP contribution in [0.1, 0.15) is 34.2 Å². The van der Waals surface area contributed by atoms with Gasteiger partial charge in [-0.1, -0.05) is 18.2 Å². The van der Waals surface area contributed by atoms with Gasteiger partial charge in [0.15, 0.2) is 11.5 Å². The van der Waals surface area contributed by atoms with Gasteiger partial charge in [-0.15, -0.1) is 0 Å². The summed E-state index contributed by atoms with van der Waals surface area (Å²) in [7, 11) is 1.83. The highest BCUT2D eigenvalue weighted by Gasteiger charge is 2.28. The Kier molecular flexibility index (Phi) is 4.95. The minimum atomic E-state index is -0.380. The number of hydrogen-bond acceptors (Lipinski definition) is 7. The van der Waals surface area contributed by atoms with Crippen LogP contribution < -0.4 is 11.1 Å². The predicted molar refractivity (Wildman–Crippen MR) is 132 cm³/mol. The minimum Gasteiger partial charge on any atom is -0.382 e. The van der Waals surface area contributed by atoms with Gasteiger partial charge in [-0.25, -0.2) is 9.97 Å². The van der Waals surface area contributed by atoms with E-state index in [-0.39, 0.29) is 23.5 Å². The molecular formula is C26H22N8O. The molecule has 1 aromatic carbocycles. The first-order valence-corrected chi connectivity index (χ1v) is 11.3. The van der Waals surface area contributed by atoms with E-state index < -0.39 is 0 Å². The lowest BCUT2D eigenvalue weighted by molar-refractivity contribution is 0.0931. The van der Waals surface area contributed by atoms with Crippen LogP contribution in [0.5, 0.6) is 0 Å². The smallest absolute Gasteiger partial charge is 0.274 e. The molecule has 1 amide bonds. The zero-order valence-corrected chi connectivity index (χ0v) is 19.0. The van der Waals surface area contributed by atoms with E-state index in [1.165, 1.54) is 0 Å². The number of benzene rings is 1. The summed E-state index contributed by atoms with van der Waals surface area (Å²) in [6.45, 7) is 0. The van der Waals surface area contributed by atoms with E-state index in [0.717, 1.165) is 40.6 Å². The van der Waals surface area contributed by atoms with Crippen LogP contribution in [0.25, 0.3) is 33.5 Å². The standard InChI is InChI=1S/C26H22N8O/c1-34-13-10-20(33-34)23-22(17-7-8-18-16(14-17)5-3-11-28-18)31-24(25(27)32-23)26(35)30-19-9-6-15-4-2-12-29-21(15)19/h2-5,7-8,10-14,19H,6,9H2,1H3,(H2,27,32)(H,30,35). The van der Waals surface area contributed by atoms with Crippen molar-refractivity contribution < 1.29 is 4.79 Å². The van der Waals surface area contributed by atoms with Gasteiger partial charge < -0.3 is 11.1 Å². The molecule has 1 atom stereocenters. The van der Waals surface area contributed by atoms with E-state index in [9.17, 15) is 4.79 Å². The van der Waals surface area contributed by atoms with Gasteiger partial charge in [-0.05, 0) is 48.7 Å². The lowest BCUT2D eigenvalue weighted by atomic mass is 10.0. The molecule has 0 spiro atoms. The molecule has 172 valence electrons. The Bertz CT molecular complexity index is 1590. The second-order valence-electron chi connectivity index (χ2n) is 8.55. The molecule has 4 heterocycles. The monoisotopic (exact) mass is 462 g/mol. The van der Waals surface area contributed by atoms with Gasteiger partial charge in [0.05, 0.1) is 22.9 Å². The number of nitrogens with two attached hydrogens (primary N) is 1. The lowest BCUT2D eigenvalue weighted by Crippen LogP contribution is -2.29. The number of nitrogen functional groups attached to an aromatic ring is 1. The van der Waals surface area contributed by atoms with E-state index in [4.69, 9.17) is 10.7 Å². The first-order chi connectivity index (χ1) is 17.1. The molecule has 0 radical (unpaired) electrons. The molecule has 9 nitrogen and oxygen atoms in total. The van der Waals surface area contributed by atoms with Crippen molar-refractivity contribution in [1.82, 2.24) is 35.0 Å². The number of hydrogen-bond donors (Lipinski definition) is 2. The Morgan fingerprint density at radius 1 is 1.06 bits per heavy atom. The number of carbonyl (C=O) groups is 1. The molecule has 35 heavy (non-hydrogen) atoms. The van der Waals surface area contributed by atoms with Gasteiger partial charge in [0.1, 0.15) is 11.4 Å². The maximum absolute atomic E-state index is 13.3. The van der Waals surface area contributed by atoms with E-state index in [0.29, 0.717) is 17.1 Å². The topological polar surface area (TPSA) is 124 Å². The van der Waals surface area contributed by atoms with E-state index in [1.54, 1.807) is 17.1 Å². The number of carbonyl (C=O) groups excluding carboxylic acids is 1. The first kappa shape index (κ1) is 20.9. The van der Waals surface area contributed by atoms with Crippen molar-refractivity contribution in [2.75, 3.05) is 5.73 Å². The number of nitrogens with zero attached hydrogens (tertiary/aromatic N) is 6. The number of amides is 1. The van der Waals surface area contributed by atoms with E-state index in [1.807, 2.05) is 61.8 Å². The minimum absolute atomic E-state index is 0.0496. The summed E-state index contributed by atoms with van der Waals surface area (Å²) < 4.78 is 1.69. The van der Waals surface area contributed by atoms with Crippen molar-refractivity contribution in [3.8, 4) is 22.6 Å². The number of pyridine rings is 2. The van der Waals surface area contributed by atoms with Crippen LogP contribution in [-0.4, -0.2) is 35.6 Å². The summed E-state index contributed by atoms with van der Waals surface area (Å²) in [6.07, 6.45) is 6.97. The largest absolute Gasteiger partial charge is 0.382 e. The summed E-state index contributed by atoms with van der Waals surface area (Å²) in [5.41, 5.74) is 11.7. The summed E-state index contributed by atoms with van der Waals surface area (Å²) in [4.78, 5) is 31.5. The quantitative estimate of drug-likeness (QED) is 0.419. The average Bonchev–Trinajstić information content (AvgIpc) is 3.50. The third-order valence-electron chi connectivity index (χ3n) is 6.23. The van der Waals surface area contributed by atoms with Crippen LogP contribution in [0, 0.1) is 0 Å². The zero-order chi connectivity index (χ0) is 23.9. The molecule has 6 rings (SSSR count). The highest BCUT2D eigenvalue weighted by atomic mass is 16.2. The molecular weight excluding hydrogens is 440 g/mol. The molecule has 0 bridgehead atoms. The Balaban J connectivity index is 1.44. The van der Waals surface area contributed by atoms with E-state index in [2.05, 4.69) is 25.4 Å². The number of aryl methyl sites for hydroxylation is 2. The maximum atomic E-state index is 13.3. The number of fused-ring (bicyclic) bond motifs is 2. The number of aromatic nitrogens is 6. The fraction of sp³-hybridized carbons (Fsp3) is 0.154. The molecule has 9 heteroatoms. The molecule has 5 aromatic rings. The molecule has 3 N–H and O–H groups in total. The van der Waals surface area contributed by atoms with Crippen LogP contribution >= 0.6 is 0 Å². The molecule has 1 aliphatic rings. The number of anilines is 1. The molecule has 0 saturated carbocycles. The second-order valence-corrected chi connectivity index (χ2v) is 8.55. The Morgan fingerprint density at radius 3 is 2.77 bits per heavy atom.